The van der Waals surface area contributed by atoms with E-state index in [4.69, 9.17) is 14.2 Å². The lowest BCUT2D eigenvalue weighted by Crippen LogP contribution is -2.21. The molecule has 0 fully saturated rings. The number of methoxy groups -OCH3 is 3. The van der Waals surface area contributed by atoms with Crippen molar-refractivity contribution in [2.75, 3.05) is 34.1 Å². The van der Waals surface area contributed by atoms with Gasteiger partial charge in [-0.3, -0.25) is 4.79 Å². The lowest BCUT2D eigenvalue weighted by molar-refractivity contribution is 0.324. The molecule has 1 atom stereocenters. The van der Waals surface area contributed by atoms with Crippen LogP contribution in [-0.4, -0.2) is 34.1 Å². The molecule has 0 unspecified atom stereocenters. The highest BCUT2D eigenvalue weighted by Crippen LogP contribution is 2.50. The number of thioether (sulfide) groups is 1. The maximum Gasteiger partial charge on any atom is 0.203 e. The molecule has 0 bridgehead atoms. The molecule has 2 aromatic carbocycles. The molecule has 1 N–H and O–H groups in total. The first-order valence-electron chi connectivity index (χ1n) is 9.37. The Kier molecular flexibility index (Phi) is 6.52. The van der Waals surface area contributed by atoms with E-state index in [9.17, 15) is 4.79 Å². The van der Waals surface area contributed by atoms with Crippen LogP contribution in [0, 0.1) is 0 Å². The minimum Gasteiger partial charge on any atom is -0.493 e. The first kappa shape index (κ1) is 20.6. The highest BCUT2D eigenvalue weighted by molar-refractivity contribution is 7.98. The molecule has 0 amide bonds. The summed E-state index contributed by atoms with van der Waals surface area (Å²) in [6, 6.07) is 7.82. The summed E-state index contributed by atoms with van der Waals surface area (Å²) in [4.78, 5) is 13.5. The molecule has 6 heteroatoms. The monoisotopic (exact) mass is 401 g/mol. The first-order valence-corrected chi connectivity index (χ1v) is 10.6. The molecule has 3 rings (SSSR count). The van der Waals surface area contributed by atoms with Gasteiger partial charge in [0, 0.05) is 11.6 Å². The molecule has 150 valence electrons. The number of benzene rings is 1. The zero-order valence-electron chi connectivity index (χ0n) is 17.0. The van der Waals surface area contributed by atoms with E-state index >= 15 is 0 Å². The van der Waals surface area contributed by atoms with Gasteiger partial charge in [0.25, 0.3) is 0 Å². The molecular weight excluding hydrogens is 374 g/mol. The van der Waals surface area contributed by atoms with Crippen molar-refractivity contribution >= 4 is 11.8 Å². The summed E-state index contributed by atoms with van der Waals surface area (Å²) in [6.07, 6.45) is 3.64. The summed E-state index contributed by atoms with van der Waals surface area (Å²) < 4.78 is 17.0. The van der Waals surface area contributed by atoms with Crippen LogP contribution in [0.1, 0.15) is 30.5 Å². The van der Waals surface area contributed by atoms with Gasteiger partial charge in [-0.1, -0.05) is 13.0 Å². The third kappa shape index (κ3) is 3.59. The second kappa shape index (κ2) is 8.88. The molecule has 0 aliphatic heterocycles. The van der Waals surface area contributed by atoms with Crippen LogP contribution in [0.3, 0.4) is 0 Å². The third-order valence-corrected chi connectivity index (χ3v) is 5.95. The fraction of sp³-hybridized carbons (Fsp3) is 0.409. The highest BCUT2D eigenvalue weighted by Gasteiger charge is 2.28. The van der Waals surface area contributed by atoms with Gasteiger partial charge in [0.1, 0.15) is 0 Å². The van der Waals surface area contributed by atoms with Gasteiger partial charge >= 0.3 is 0 Å². The van der Waals surface area contributed by atoms with Crippen molar-refractivity contribution in [3.63, 3.8) is 0 Å². The molecule has 5 nitrogen and oxygen atoms in total. The fourth-order valence-corrected chi connectivity index (χ4v) is 4.39. The van der Waals surface area contributed by atoms with Crippen LogP contribution in [0.15, 0.2) is 34.0 Å². The third-order valence-electron chi connectivity index (χ3n) is 5.17. The van der Waals surface area contributed by atoms with Gasteiger partial charge in [-0.15, -0.1) is 11.8 Å². The summed E-state index contributed by atoms with van der Waals surface area (Å²) in [7, 11) is 4.88. The fourth-order valence-electron chi connectivity index (χ4n) is 3.93. The lowest BCUT2D eigenvalue weighted by Gasteiger charge is -2.19. The van der Waals surface area contributed by atoms with Gasteiger partial charge in [-0.2, -0.15) is 0 Å². The number of rotatable bonds is 6. The van der Waals surface area contributed by atoms with Crippen LogP contribution in [0.25, 0.3) is 11.1 Å². The minimum absolute atomic E-state index is 0.0412. The molecule has 1 aliphatic rings. The normalized spacial score (nSPS) is 15.2. The topological polar surface area (TPSA) is 56.8 Å². The van der Waals surface area contributed by atoms with Crippen LogP contribution in [-0.2, 0) is 6.42 Å². The molecule has 0 radical (unpaired) electrons. The van der Waals surface area contributed by atoms with E-state index in [1.165, 1.54) is 11.8 Å². The average molecular weight is 402 g/mol. The maximum absolute atomic E-state index is 12.7. The zero-order chi connectivity index (χ0) is 20.3. The maximum atomic E-state index is 12.7. The predicted octanol–water partition coefficient (Wildman–Crippen LogP) is 4.06. The van der Waals surface area contributed by atoms with Crippen LogP contribution >= 0.6 is 11.8 Å². The molecule has 0 saturated heterocycles. The first-order chi connectivity index (χ1) is 13.6. The lowest BCUT2D eigenvalue weighted by atomic mass is 9.95. The van der Waals surface area contributed by atoms with Gasteiger partial charge < -0.3 is 19.5 Å². The van der Waals surface area contributed by atoms with Crippen LogP contribution in [0.2, 0.25) is 0 Å². The van der Waals surface area contributed by atoms with Gasteiger partial charge in [0.15, 0.2) is 16.9 Å². The van der Waals surface area contributed by atoms with Gasteiger partial charge in [-0.05, 0) is 60.5 Å². The van der Waals surface area contributed by atoms with Crippen LogP contribution < -0.4 is 25.0 Å². The number of fused-ring (bicyclic) bond motifs is 3. The SMILES string of the molecule is CCN[C@H]1CCc2cc(OC)c(OC)c(OC)c2-c2ccc(SC)c(=O)cc21. The number of nitrogens with one attached hydrogen (secondary N) is 1. The van der Waals surface area contributed by atoms with Crippen molar-refractivity contribution in [2.45, 2.75) is 30.7 Å². The van der Waals surface area contributed by atoms with Crippen molar-refractivity contribution in [3.8, 4) is 28.4 Å². The van der Waals surface area contributed by atoms with E-state index in [2.05, 4.69) is 12.2 Å². The van der Waals surface area contributed by atoms with E-state index in [1.807, 2.05) is 24.5 Å². The summed E-state index contributed by atoms with van der Waals surface area (Å²) in [5.74, 6) is 1.85. The van der Waals surface area contributed by atoms with Crippen molar-refractivity contribution in [2.24, 2.45) is 0 Å². The molecule has 0 spiro atoms. The van der Waals surface area contributed by atoms with Crippen molar-refractivity contribution < 1.29 is 14.2 Å². The molecule has 2 aromatic rings. The Hall–Kier alpha value is -2.18. The van der Waals surface area contributed by atoms with Crippen molar-refractivity contribution in [1.29, 1.82) is 0 Å². The van der Waals surface area contributed by atoms with E-state index in [-0.39, 0.29) is 11.5 Å². The smallest absolute Gasteiger partial charge is 0.203 e. The Morgan fingerprint density at radius 1 is 1.11 bits per heavy atom. The average Bonchev–Trinajstić information content (AvgIpc) is 2.95. The molecule has 28 heavy (non-hydrogen) atoms. The van der Waals surface area contributed by atoms with Crippen LogP contribution in [0.5, 0.6) is 17.2 Å². The largest absolute Gasteiger partial charge is 0.493 e. The quantitative estimate of drug-likeness (QED) is 0.737. The van der Waals surface area contributed by atoms with E-state index in [0.29, 0.717) is 17.2 Å². The number of ether oxygens (including phenoxy) is 3. The van der Waals surface area contributed by atoms with Gasteiger partial charge in [-0.25, -0.2) is 0 Å². The van der Waals surface area contributed by atoms with E-state index < -0.39 is 0 Å². The van der Waals surface area contributed by atoms with Gasteiger partial charge in [0.05, 0.1) is 26.2 Å². The predicted molar refractivity (Wildman–Crippen MR) is 114 cm³/mol. The standard InChI is InChI=1S/C22H27NO4S/c1-6-23-16-9-7-13-11-18(25-2)21(26-3)22(27-4)20(13)14-8-10-19(28-5)17(24)12-15(14)16/h8,10-12,16,23H,6-7,9H2,1-5H3/t16-/m0/s1. The Morgan fingerprint density at radius 3 is 2.46 bits per heavy atom. The Labute approximate surface area is 170 Å². The summed E-state index contributed by atoms with van der Waals surface area (Å²) in [6.45, 7) is 2.91. The second-order valence-corrected chi connectivity index (χ2v) is 7.46. The van der Waals surface area contributed by atoms with Gasteiger partial charge in [0.2, 0.25) is 5.75 Å². The van der Waals surface area contributed by atoms with Crippen LogP contribution in [0.4, 0.5) is 0 Å². The van der Waals surface area contributed by atoms with E-state index in [1.54, 1.807) is 27.4 Å². The second-order valence-electron chi connectivity index (χ2n) is 6.61. The summed E-state index contributed by atoms with van der Waals surface area (Å²) in [5, 5.41) is 3.54. The molecular formula is C22H27NO4S. The summed E-state index contributed by atoms with van der Waals surface area (Å²) >= 11 is 1.46. The molecule has 0 heterocycles. The number of hydrogen-bond acceptors (Lipinski definition) is 6. The number of aryl methyl sites for hydroxylation is 1. The zero-order valence-corrected chi connectivity index (χ0v) is 17.9. The summed E-state index contributed by atoms with van der Waals surface area (Å²) in [5.41, 5.74) is 4.13. The Morgan fingerprint density at radius 2 is 1.86 bits per heavy atom. The Balaban J connectivity index is 2.41. The van der Waals surface area contributed by atoms with Crippen molar-refractivity contribution in [3.05, 3.63) is 45.6 Å². The minimum atomic E-state index is 0.0412. The molecule has 0 aromatic heterocycles. The molecule has 0 saturated carbocycles. The highest BCUT2D eigenvalue weighted by atomic mass is 32.2. The Bertz CT molecular complexity index is 929. The van der Waals surface area contributed by atoms with Crippen molar-refractivity contribution in [1.82, 2.24) is 5.32 Å². The van der Waals surface area contributed by atoms with E-state index in [0.717, 1.165) is 46.5 Å². The number of hydrogen-bond donors (Lipinski definition) is 1. The molecule has 1 aliphatic carbocycles.